The number of hydrogen-bond donors (Lipinski definition) is 0. The van der Waals surface area contributed by atoms with Gasteiger partial charge in [-0.25, -0.2) is 0 Å². The Morgan fingerprint density at radius 1 is 0.964 bits per heavy atom. The second kappa shape index (κ2) is 7.20. The molecule has 142 valence electrons. The summed E-state index contributed by atoms with van der Waals surface area (Å²) in [6.45, 7) is 0.664. The van der Waals surface area contributed by atoms with Crippen LogP contribution in [0.25, 0.3) is 10.9 Å². The largest absolute Gasteiger partial charge is 0.494 e. The number of fused-ring (bicyclic) bond motifs is 2. The van der Waals surface area contributed by atoms with Gasteiger partial charge in [-0.2, -0.15) is 5.10 Å². The van der Waals surface area contributed by atoms with E-state index in [4.69, 9.17) is 4.74 Å². The average molecular weight is 442 g/mol. The Hall–Kier alpha value is -3.00. The van der Waals surface area contributed by atoms with E-state index < -0.39 is 0 Å². The van der Waals surface area contributed by atoms with Crippen LogP contribution in [0.15, 0.2) is 51.9 Å². The Labute approximate surface area is 168 Å². The van der Waals surface area contributed by atoms with Crippen LogP contribution in [0.2, 0.25) is 0 Å². The maximum Gasteiger partial charge on any atom is 0.261 e. The number of carbonyl (C=O) groups is 2. The first-order valence-electron chi connectivity index (χ1n) is 8.71. The first-order valence-corrected chi connectivity index (χ1v) is 9.50. The Bertz CT molecular complexity index is 1140. The van der Waals surface area contributed by atoms with Crippen LogP contribution in [0.5, 0.6) is 5.75 Å². The molecular formula is C20H16BrN3O4. The third-order valence-electron chi connectivity index (χ3n) is 4.75. The fourth-order valence-corrected chi connectivity index (χ4v) is 3.84. The van der Waals surface area contributed by atoms with Gasteiger partial charge in [-0.1, -0.05) is 18.2 Å². The fraction of sp³-hybridized carbons (Fsp3) is 0.200. The van der Waals surface area contributed by atoms with Crippen LogP contribution >= 0.6 is 15.9 Å². The van der Waals surface area contributed by atoms with Gasteiger partial charge in [-0.3, -0.25) is 24.0 Å². The summed E-state index contributed by atoms with van der Waals surface area (Å²) < 4.78 is 7.25. The number of rotatable bonds is 5. The fourth-order valence-electron chi connectivity index (χ4n) is 3.43. The van der Waals surface area contributed by atoms with Gasteiger partial charge >= 0.3 is 0 Å². The molecule has 0 saturated heterocycles. The van der Waals surface area contributed by atoms with Crippen LogP contribution in [0.1, 0.15) is 27.1 Å². The van der Waals surface area contributed by atoms with E-state index in [0.717, 1.165) is 0 Å². The van der Waals surface area contributed by atoms with Gasteiger partial charge in [0.15, 0.2) is 4.60 Å². The third-order valence-corrected chi connectivity index (χ3v) is 5.27. The van der Waals surface area contributed by atoms with Gasteiger partial charge in [0.25, 0.3) is 11.8 Å². The zero-order chi connectivity index (χ0) is 19.8. The normalized spacial score (nSPS) is 13.3. The van der Waals surface area contributed by atoms with E-state index in [-0.39, 0.29) is 28.4 Å². The Balaban J connectivity index is 1.59. The molecule has 0 unspecified atom stereocenters. The van der Waals surface area contributed by atoms with Gasteiger partial charge < -0.3 is 4.74 Å². The highest BCUT2D eigenvalue weighted by molar-refractivity contribution is 9.10. The van der Waals surface area contributed by atoms with Crippen molar-refractivity contribution in [2.24, 2.45) is 0 Å². The highest BCUT2D eigenvalue weighted by Gasteiger charge is 2.34. The number of hydrogen-bond acceptors (Lipinski definition) is 5. The Kier molecular flexibility index (Phi) is 4.72. The molecular weight excluding hydrogens is 426 g/mol. The highest BCUT2D eigenvalue weighted by Crippen LogP contribution is 2.25. The first-order chi connectivity index (χ1) is 13.5. The van der Waals surface area contributed by atoms with Crippen molar-refractivity contribution in [3.63, 3.8) is 0 Å². The summed E-state index contributed by atoms with van der Waals surface area (Å²) in [4.78, 5) is 38.6. The molecule has 2 heterocycles. The minimum Gasteiger partial charge on any atom is -0.494 e. The van der Waals surface area contributed by atoms with Crippen molar-refractivity contribution < 1.29 is 14.3 Å². The van der Waals surface area contributed by atoms with Crippen LogP contribution in [-0.2, 0) is 6.54 Å². The Morgan fingerprint density at radius 2 is 1.64 bits per heavy atom. The predicted molar refractivity (Wildman–Crippen MR) is 107 cm³/mol. The summed E-state index contributed by atoms with van der Waals surface area (Å²) in [6.07, 6.45) is 0.487. The van der Waals surface area contributed by atoms with Crippen LogP contribution in [-0.4, -0.2) is 40.1 Å². The lowest BCUT2D eigenvalue weighted by atomic mass is 10.1. The van der Waals surface area contributed by atoms with Crippen LogP contribution in [0.3, 0.4) is 0 Å². The number of ether oxygens (including phenoxy) is 1. The summed E-state index contributed by atoms with van der Waals surface area (Å²) in [5.41, 5.74) is 1.23. The molecule has 0 saturated carbocycles. The molecule has 1 aromatic heterocycles. The lowest BCUT2D eigenvalue weighted by Crippen LogP contribution is -2.31. The van der Waals surface area contributed by atoms with E-state index in [9.17, 15) is 14.4 Å². The van der Waals surface area contributed by atoms with Crippen molar-refractivity contribution in [1.29, 1.82) is 0 Å². The summed E-state index contributed by atoms with van der Waals surface area (Å²) in [5.74, 6) is -0.0236. The molecule has 2 amide bonds. The van der Waals surface area contributed by atoms with Crippen molar-refractivity contribution in [2.75, 3.05) is 13.7 Å². The lowest BCUT2D eigenvalue weighted by Gasteiger charge is -2.16. The number of para-hydroxylation sites is 1. The molecule has 0 spiro atoms. The summed E-state index contributed by atoms with van der Waals surface area (Å²) in [6, 6.07) is 12.0. The van der Waals surface area contributed by atoms with Crippen LogP contribution in [0.4, 0.5) is 0 Å². The second-order valence-electron chi connectivity index (χ2n) is 6.36. The van der Waals surface area contributed by atoms with Crippen LogP contribution in [0, 0.1) is 0 Å². The van der Waals surface area contributed by atoms with Gasteiger partial charge in [-0.05, 0) is 46.6 Å². The second-order valence-corrected chi connectivity index (χ2v) is 7.11. The minimum atomic E-state index is -0.280. The van der Waals surface area contributed by atoms with Crippen molar-refractivity contribution >= 4 is 38.6 Å². The molecule has 0 fully saturated rings. The minimum absolute atomic E-state index is 0.203. The molecule has 3 aromatic rings. The molecule has 1 aliphatic heterocycles. The summed E-state index contributed by atoms with van der Waals surface area (Å²) >= 11 is 3.21. The van der Waals surface area contributed by atoms with Gasteiger partial charge in [0.05, 0.1) is 23.6 Å². The number of nitrogens with zero attached hydrogens (tertiary/aromatic N) is 3. The number of methoxy groups -OCH3 is 1. The van der Waals surface area contributed by atoms with E-state index >= 15 is 0 Å². The van der Waals surface area contributed by atoms with E-state index in [1.165, 1.54) is 12.0 Å². The Morgan fingerprint density at radius 3 is 2.29 bits per heavy atom. The third kappa shape index (κ3) is 2.90. The van der Waals surface area contributed by atoms with E-state index in [0.29, 0.717) is 40.7 Å². The number of halogens is 1. The quantitative estimate of drug-likeness (QED) is 0.568. The summed E-state index contributed by atoms with van der Waals surface area (Å²) in [5, 5.41) is 4.79. The van der Waals surface area contributed by atoms with Gasteiger partial charge in [-0.15, -0.1) is 0 Å². The highest BCUT2D eigenvalue weighted by atomic mass is 79.9. The molecule has 4 rings (SSSR count). The molecule has 0 N–H and O–H groups in total. The van der Waals surface area contributed by atoms with E-state index in [1.807, 2.05) is 0 Å². The van der Waals surface area contributed by atoms with E-state index in [2.05, 4.69) is 21.0 Å². The monoisotopic (exact) mass is 441 g/mol. The molecule has 7 nitrogen and oxygen atoms in total. The average Bonchev–Trinajstić information content (AvgIpc) is 2.96. The maximum atomic E-state index is 12.5. The van der Waals surface area contributed by atoms with Crippen LogP contribution < -0.4 is 10.2 Å². The molecule has 8 heteroatoms. The number of aromatic nitrogens is 2. The number of aryl methyl sites for hydroxylation is 1. The molecule has 2 aromatic carbocycles. The summed E-state index contributed by atoms with van der Waals surface area (Å²) in [7, 11) is 1.53. The molecule has 28 heavy (non-hydrogen) atoms. The number of amides is 2. The molecule has 0 radical (unpaired) electrons. The standard InChI is InChI=1S/C20H16BrN3O4/c1-28-15-9-4-8-14-16(15)24(22-18(21)17(14)25)11-5-10-23-19(26)12-6-2-3-7-13(12)20(23)27/h2-4,6-9H,5,10-11H2,1H3. The van der Waals surface area contributed by atoms with Gasteiger partial charge in [0.2, 0.25) is 5.43 Å². The van der Waals surface area contributed by atoms with Gasteiger partial charge in [0.1, 0.15) is 11.3 Å². The molecule has 0 atom stereocenters. The lowest BCUT2D eigenvalue weighted by molar-refractivity contribution is 0.0650. The maximum absolute atomic E-state index is 12.5. The molecule has 0 aliphatic carbocycles. The zero-order valence-electron chi connectivity index (χ0n) is 15.0. The zero-order valence-corrected chi connectivity index (χ0v) is 16.6. The number of carbonyl (C=O) groups excluding carboxylic acids is 2. The van der Waals surface area contributed by atoms with E-state index in [1.54, 1.807) is 47.1 Å². The topological polar surface area (TPSA) is 81.5 Å². The SMILES string of the molecule is COc1cccc2c(=O)c(Br)nn(CCCN3C(=O)c4ccccc4C3=O)c12. The number of benzene rings is 2. The smallest absolute Gasteiger partial charge is 0.261 e. The molecule has 0 bridgehead atoms. The van der Waals surface area contributed by atoms with Crippen molar-refractivity contribution in [3.05, 3.63) is 68.4 Å². The predicted octanol–water partition coefficient (Wildman–Crippen LogP) is 2.85. The number of imide groups is 1. The molecule has 1 aliphatic rings. The van der Waals surface area contributed by atoms with Gasteiger partial charge in [0, 0.05) is 13.1 Å². The van der Waals surface area contributed by atoms with Crippen molar-refractivity contribution in [3.8, 4) is 5.75 Å². The van der Waals surface area contributed by atoms with Crippen molar-refractivity contribution in [2.45, 2.75) is 13.0 Å². The first kappa shape index (κ1) is 18.4. The van der Waals surface area contributed by atoms with Crippen molar-refractivity contribution in [1.82, 2.24) is 14.7 Å².